The van der Waals surface area contributed by atoms with Crippen LogP contribution in [0.15, 0.2) is 0 Å². The molecule has 0 aromatic heterocycles. The van der Waals surface area contributed by atoms with Gasteiger partial charge in [-0.05, 0) is 7.05 Å². The number of aliphatic hydroxyl groups excluding tert-OH is 2. The summed E-state index contributed by atoms with van der Waals surface area (Å²) in [5, 5.41) is 31.2. The first-order valence-corrected chi connectivity index (χ1v) is 4.85. The number of rotatable bonds is 2. The van der Waals surface area contributed by atoms with E-state index in [1.54, 1.807) is 7.05 Å². The molecule has 2 rings (SSSR count). The van der Waals surface area contributed by atoms with Gasteiger partial charge in [0, 0.05) is 12.3 Å². The minimum atomic E-state index is -1.30. The molecule has 14 heavy (non-hydrogen) atoms. The molecule has 0 aromatic carbocycles. The van der Waals surface area contributed by atoms with Crippen molar-refractivity contribution in [2.24, 2.45) is 5.92 Å². The first kappa shape index (κ1) is 10.4. The summed E-state index contributed by atoms with van der Waals surface area (Å²) in [7, 11) is 1.58. The van der Waals surface area contributed by atoms with E-state index in [2.05, 4.69) is 5.32 Å². The van der Waals surface area contributed by atoms with E-state index in [4.69, 9.17) is 17.0 Å². The molecule has 0 bridgehead atoms. The summed E-state index contributed by atoms with van der Waals surface area (Å²) in [6.45, 7) is -0.308. The van der Waals surface area contributed by atoms with Crippen molar-refractivity contribution in [3.05, 3.63) is 0 Å². The molecule has 2 fully saturated rings. The smallest absolute Gasteiger partial charge is 0.157 e. The van der Waals surface area contributed by atoms with Crippen LogP contribution in [0.4, 0.5) is 0 Å². The van der Waals surface area contributed by atoms with Crippen molar-refractivity contribution in [1.82, 2.24) is 5.32 Å². The lowest BCUT2D eigenvalue weighted by molar-refractivity contribution is -0.167. The Hall–Kier alpha value is -0.110. The Kier molecular flexibility index (Phi) is 2.19. The number of ether oxygens (including phenoxy) is 1. The van der Waals surface area contributed by atoms with E-state index < -0.39 is 17.6 Å². The maximum Gasteiger partial charge on any atom is 0.157 e. The normalized spacial score (nSPS) is 51.6. The van der Waals surface area contributed by atoms with Gasteiger partial charge in [0.2, 0.25) is 0 Å². The molecule has 1 saturated carbocycles. The first-order valence-electron chi connectivity index (χ1n) is 4.44. The Labute approximate surface area is 86.7 Å². The Balaban J connectivity index is 2.32. The van der Waals surface area contributed by atoms with Crippen molar-refractivity contribution in [2.45, 2.75) is 24.0 Å². The summed E-state index contributed by atoms with van der Waals surface area (Å²) in [4.78, 5) is 0.219. The van der Waals surface area contributed by atoms with Crippen molar-refractivity contribution in [2.75, 3.05) is 13.7 Å². The van der Waals surface area contributed by atoms with E-state index >= 15 is 0 Å². The van der Waals surface area contributed by atoms with Crippen LogP contribution in [0.2, 0.25) is 0 Å². The number of thiocarbonyl (C=S) groups is 1. The van der Waals surface area contributed by atoms with Gasteiger partial charge in [0.25, 0.3) is 0 Å². The second-order valence-corrected chi connectivity index (χ2v) is 4.16. The van der Waals surface area contributed by atoms with Gasteiger partial charge in [-0.15, -0.1) is 0 Å². The summed E-state index contributed by atoms with van der Waals surface area (Å²) in [5.41, 5.74) is -2.33. The SMILES string of the molecule is CNC1(O)C(=S)[C@]2(CO)O[C@@H](O)CC12. The first-order chi connectivity index (χ1) is 6.51. The van der Waals surface area contributed by atoms with Crippen LogP contribution >= 0.6 is 12.2 Å². The standard InChI is InChI=1S/C8H13NO4S/c1-9-8(12)4-2-5(11)13-7(4,3-10)6(8)14/h4-5,9-12H,2-3H2,1H3/t4?,5-,7-,8?/m1/s1. The molecule has 80 valence electrons. The molecule has 0 radical (unpaired) electrons. The van der Waals surface area contributed by atoms with E-state index in [0.29, 0.717) is 0 Å². The molecule has 5 nitrogen and oxygen atoms in total. The van der Waals surface area contributed by atoms with Gasteiger partial charge < -0.3 is 20.1 Å². The minimum Gasteiger partial charge on any atom is -0.393 e. The molecule has 1 aliphatic heterocycles. The van der Waals surface area contributed by atoms with Crippen molar-refractivity contribution in [3.63, 3.8) is 0 Å². The summed E-state index contributed by atoms with van der Waals surface area (Å²) in [5.74, 6) is -0.382. The summed E-state index contributed by atoms with van der Waals surface area (Å²) >= 11 is 5.01. The molecule has 1 saturated heterocycles. The molecule has 1 heterocycles. The van der Waals surface area contributed by atoms with Crippen LogP contribution in [-0.4, -0.2) is 51.5 Å². The maximum absolute atomic E-state index is 10.0. The van der Waals surface area contributed by atoms with Crippen LogP contribution in [-0.2, 0) is 4.74 Å². The highest BCUT2D eigenvalue weighted by Crippen LogP contribution is 2.53. The fourth-order valence-electron chi connectivity index (χ4n) is 2.39. The lowest BCUT2D eigenvalue weighted by Crippen LogP contribution is -2.78. The van der Waals surface area contributed by atoms with Gasteiger partial charge >= 0.3 is 0 Å². The number of aliphatic hydroxyl groups is 3. The van der Waals surface area contributed by atoms with E-state index in [9.17, 15) is 15.3 Å². The average Bonchev–Trinajstić information content (AvgIpc) is 2.52. The highest BCUT2D eigenvalue weighted by molar-refractivity contribution is 7.81. The lowest BCUT2D eigenvalue weighted by Gasteiger charge is -2.55. The Morgan fingerprint density at radius 3 is 2.86 bits per heavy atom. The topological polar surface area (TPSA) is 82.0 Å². The molecular formula is C8H13NO4S. The number of hydrogen-bond acceptors (Lipinski definition) is 6. The third-order valence-electron chi connectivity index (χ3n) is 3.20. The van der Waals surface area contributed by atoms with Crippen LogP contribution in [0.25, 0.3) is 0 Å². The van der Waals surface area contributed by atoms with Crippen LogP contribution < -0.4 is 5.32 Å². The Morgan fingerprint density at radius 1 is 1.71 bits per heavy atom. The third-order valence-corrected chi connectivity index (χ3v) is 3.85. The van der Waals surface area contributed by atoms with Gasteiger partial charge in [0.1, 0.15) is 5.60 Å². The number of nitrogens with one attached hydrogen (secondary N) is 1. The fourth-order valence-corrected chi connectivity index (χ4v) is 2.89. The number of hydrogen-bond donors (Lipinski definition) is 4. The largest absolute Gasteiger partial charge is 0.393 e. The minimum absolute atomic E-state index is 0.219. The van der Waals surface area contributed by atoms with Gasteiger partial charge in [0.15, 0.2) is 12.0 Å². The Morgan fingerprint density at radius 2 is 2.36 bits per heavy atom. The van der Waals surface area contributed by atoms with Crippen LogP contribution in [0, 0.1) is 5.92 Å². The third kappa shape index (κ3) is 0.932. The summed E-state index contributed by atoms with van der Waals surface area (Å²) in [6.07, 6.45) is -0.689. The lowest BCUT2D eigenvalue weighted by atomic mass is 9.62. The Bertz CT molecular complexity index is 287. The molecule has 4 atom stereocenters. The molecule has 2 aliphatic rings. The van der Waals surface area contributed by atoms with Gasteiger partial charge in [-0.1, -0.05) is 12.2 Å². The fraction of sp³-hybridized carbons (Fsp3) is 0.875. The van der Waals surface area contributed by atoms with Crippen LogP contribution in [0.3, 0.4) is 0 Å². The zero-order valence-electron chi connectivity index (χ0n) is 7.73. The van der Waals surface area contributed by atoms with Crippen molar-refractivity contribution in [1.29, 1.82) is 0 Å². The molecular weight excluding hydrogens is 206 g/mol. The van der Waals surface area contributed by atoms with Gasteiger partial charge in [-0.3, -0.25) is 5.32 Å². The molecule has 0 spiro atoms. The molecule has 1 aliphatic carbocycles. The van der Waals surface area contributed by atoms with E-state index in [1.807, 2.05) is 0 Å². The molecule has 4 N–H and O–H groups in total. The molecule has 0 aromatic rings. The second kappa shape index (κ2) is 2.94. The van der Waals surface area contributed by atoms with Crippen molar-refractivity contribution in [3.8, 4) is 0 Å². The summed E-state index contributed by atoms with van der Waals surface area (Å²) < 4.78 is 5.17. The highest BCUT2D eigenvalue weighted by atomic mass is 32.1. The maximum atomic E-state index is 10.0. The molecule has 6 heteroatoms. The predicted octanol–water partition coefficient (Wildman–Crippen LogP) is -1.64. The van der Waals surface area contributed by atoms with E-state index in [0.717, 1.165) is 0 Å². The monoisotopic (exact) mass is 219 g/mol. The highest BCUT2D eigenvalue weighted by Gasteiger charge is 2.72. The molecule has 0 amide bonds. The van der Waals surface area contributed by atoms with Crippen LogP contribution in [0.5, 0.6) is 0 Å². The quantitative estimate of drug-likeness (QED) is 0.329. The van der Waals surface area contributed by atoms with Crippen molar-refractivity contribution >= 4 is 17.1 Å². The van der Waals surface area contributed by atoms with Gasteiger partial charge in [0.05, 0.1) is 11.5 Å². The predicted molar refractivity (Wildman–Crippen MR) is 51.6 cm³/mol. The average molecular weight is 219 g/mol. The van der Waals surface area contributed by atoms with E-state index in [1.165, 1.54) is 0 Å². The zero-order valence-corrected chi connectivity index (χ0v) is 8.54. The second-order valence-electron chi connectivity index (χ2n) is 3.75. The molecule has 2 unspecified atom stereocenters. The van der Waals surface area contributed by atoms with Crippen molar-refractivity contribution < 1.29 is 20.1 Å². The van der Waals surface area contributed by atoms with Gasteiger partial charge in [-0.2, -0.15) is 0 Å². The number of fused-ring (bicyclic) bond motifs is 1. The van der Waals surface area contributed by atoms with Crippen LogP contribution in [0.1, 0.15) is 6.42 Å². The summed E-state index contributed by atoms with van der Waals surface area (Å²) in [6, 6.07) is 0. The van der Waals surface area contributed by atoms with E-state index in [-0.39, 0.29) is 23.8 Å². The van der Waals surface area contributed by atoms with Gasteiger partial charge in [-0.25, -0.2) is 0 Å². The zero-order chi connectivity index (χ0) is 10.6.